The maximum atomic E-state index is 9.05. The molecule has 1 aliphatic rings. The molecule has 0 amide bonds. The molecule has 98 valence electrons. The van der Waals surface area contributed by atoms with Crippen LogP contribution in [0.15, 0.2) is 28.0 Å². The molecule has 1 unspecified atom stereocenters. The number of amidine groups is 1. The largest absolute Gasteiger partial charge is 0.409 e. The van der Waals surface area contributed by atoms with Gasteiger partial charge in [0, 0.05) is 0 Å². The Kier molecular flexibility index (Phi) is 2.59. The second-order valence-electron chi connectivity index (χ2n) is 4.55. The van der Waals surface area contributed by atoms with Crippen LogP contribution in [0.4, 0.5) is 5.82 Å². The second kappa shape index (κ2) is 4.27. The van der Waals surface area contributed by atoms with Crippen LogP contribution in [0.25, 0.3) is 0 Å². The fourth-order valence-electron chi connectivity index (χ4n) is 2.22. The van der Waals surface area contributed by atoms with Crippen molar-refractivity contribution in [3.8, 4) is 0 Å². The molecule has 0 bridgehead atoms. The summed E-state index contributed by atoms with van der Waals surface area (Å²) in [6.07, 6.45) is 0.861. The van der Waals surface area contributed by atoms with Crippen LogP contribution in [0.5, 0.6) is 0 Å². The van der Waals surface area contributed by atoms with E-state index in [1.807, 2.05) is 6.92 Å². The number of oxime groups is 1. The molecule has 1 aliphatic carbocycles. The lowest BCUT2D eigenvalue weighted by Crippen LogP contribution is -2.36. The van der Waals surface area contributed by atoms with E-state index in [2.05, 4.69) is 43.6 Å². The maximum Gasteiger partial charge on any atom is 0.199 e. The molecule has 2 aromatic rings. The zero-order valence-corrected chi connectivity index (χ0v) is 10.3. The molecule has 0 spiro atoms. The zero-order valence-electron chi connectivity index (χ0n) is 10.3. The molecule has 0 saturated carbocycles. The number of aryl methyl sites for hydroxylation is 1. The molecule has 1 aromatic carbocycles. The summed E-state index contributed by atoms with van der Waals surface area (Å²) in [7, 11) is 0. The average Bonchev–Trinajstić information content (AvgIpc) is 2.80. The number of rotatable bonds is 2. The first-order valence-electron chi connectivity index (χ1n) is 5.85. The summed E-state index contributed by atoms with van der Waals surface area (Å²) in [6.45, 7) is 2.04. The minimum Gasteiger partial charge on any atom is -0.409 e. The molecule has 7 nitrogen and oxygen atoms in total. The van der Waals surface area contributed by atoms with Gasteiger partial charge in [-0.1, -0.05) is 28.9 Å². The number of nitrogens with one attached hydrogen (secondary N) is 1. The number of aromatic nitrogens is 2. The van der Waals surface area contributed by atoms with Crippen LogP contribution in [0.1, 0.15) is 28.4 Å². The minimum atomic E-state index is 0.0805. The van der Waals surface area contributed by atoms with E-state index in [1.165, 1.54) is 16.7 Å². The topological polar surface area (TPSA) is 110 Å². The van der Waals surface area contributed by atoms with Gasteiger partial charge in [-0.25, -0.2) is 4.63 Å². The Labute approximate surface area is 109 Å². The highest BCUT2D eigenvalue weighted by Gasteiger charge is 2.28. The maximum absolute atomic E-state index is 9.05. The third-order valence-corrected chi connectivity index (χ3v) is 3.25. The normalized spacial score (nSPS) is 17.7. The van der Waals surface area contributed by atoms with Crippen LogP contribution < -0.4 is 11.1 Å². The van der Waals surface area contributed by atoms with Gasteiger partial charge in [-0.3, -0.25) is 0 Å². The summed E-state index contributed by atoms with van der Waals surface area (Å²) in [4.78, 5) is 0. The molecule has 4 N–H and O–H groups in total. The van der Waals surface area contributed by atoms with E-state index in [0.717, 1.165) is 6.42 Å². The van der Waals surface area contributed by atoms with Crippen molar-refractivity contribution < 1.29 is 9.84 Å². The summed E-state index contributed by atoms with van der Waals surface area (Å²) in [5.74, 6) is 0.250. The fourth-order valence-corrected chi connectivity index (χ4v) is 2.22. The van der Waals surface area contributed by atoms with Gasteiger partial charge in [0.15, 0.2) is 17.3 Å². The van der Waals surface area contributed by atoms with Crippen LogP contribution >= 0.6 is 0 Å². The monoisotopic (exact) mass is 259 g/mol. The van der Waals surface area contributed by atoms with Crippen molar-refractivity contribution in [2.24, 2.45) is 5.16 Å². The van der Waals surface area contributed by atoms with Gasteiger partial charge in [0.05, 0.1) is 6.04 Å². The quantitative estimate of drug-likeness (QED) is 0.321. The molecule has 0 fully saturated rings. The molecule has 1 heterocycles. The minimum absolute atomic E-state index is 0.0805. The van der Waals surface area contributed by atoms with Crippen LogP contribution in [0, 0.1) is 6.92 Å². The first-order chi connectivity index (χ1) is 9.19. The number of anilines is 1. The van der Waals surface area contributed by atoms with Gasteiger partial charge in [0.25, 0.3) is 0 Å². The third-order valence-electron chi connectivity index (χ3n) is 3.25. The summed E-state index contributed by atoms with van der Waals surface area (Å²) in [5.41, 5.74) is 9.45. The summed E-state index contributed by atoms with van der Waals surface area (Å²) in [6, 6.07) is 6.37. The predicted molar refractivity (Wildman–Crippen MR) is 67.8 cm³/mol. The van der Waals surface area contributed by atoms with Crippen LogP contribution in [-0.2, 0) is 6.42 Å². The number of nitrogens with zero attached hydrogens (tertiary/aromatic N) is 3. The van der Waals surface area contributed by atoms with Gasteiger partial charge in [0.2, 0.25) is 0 Å². The molecule has 0 saturated heterocycles. The SMILES string of the molecule is Cc1ccc2c(c1)C(N/C(=N\O)c1nonc1N)C2. The van der Waals surface area contributed by atoms with Gasteiger partial charge < -0.3 is 16.3 Å². The highest BCUT2D eigenvalue weighted by atomic mass is 16.6. The summed E-state index contributed by atoms with van der Waals surface area (Å²) >= 11 is 0. The van der Waals surface area contributed by atoms with Crippen molar-refractivity contribution in [1.29, 1.82) is 0 Å². The molecule has 0 radical (unpaired) electrons. The molecule has 1 atom stereocenters. The van der Waals surface area contributed by atoms with E-state index >= 15 is 0 Å². The lowest BCUT2D eigenvalue weighted by Gasteiger charge is -2.31. The number of hydrogen-bond acceptors (Lipinski definition) is 6. The van der Waals surface area contributed by atoms with E-state index < -0.39 is 0 Å². The van der Waals surface area contributed by atoms with E-state index in [1.54, 1.807) is 0 Å². The number of nitrogen functional groups attached to an aromatic ring is 1. The van der Waals surface area contributed by atoms with Gasteiger partial charge in [-0.05, 0) is 34.8 Å². The van der Waals surface area contributed by atoms with Crippen molar-refractivity contribution in [1.82, 2.24) is 15.6 Å². The van der Waals surface area contributed by atoms with E-state index in [0.29, 0.717) is 0 Å². The second-order valence-corrected chi connectivity index (χ2v) is 4.55. The molecule has 3 rings (SSSR count). The lowest BCUT2D eigenvalue weighted by atomic mass is 9.82. The Morgan fingerprint density at radius 1 is 1.53 bits per heavy atom. The Bertz CT molecular complexity index is 649. The highest BCUT2D eigenvalue weighted by Crippen LogP contribution is 2.33. The van der Waals surface area contributed by atoms with Crippen LogP contribution in [-0.4, -0.2) is 21.4 Å². The first kappa shape index (κ1) is 11.5. The van der Waals surface area contributed by atoms with Gasteiger partial charge in [0.1, 0.15) is 0 Å². The van der Waals surface area contributed by atoms with Crippen molar-refractivity contribution >= 4 is 11.7 Å². The smallest absolute Gasteiger partial charge is 0.199 e. The summed E-state index contributed by atoms with van der Waals surface area (Å²) < 4.78 is 4.49. The fraction of sp³-hybridized carbons (Fsp3) is 0.250. The lowest BCUT2D eigenvalue weighted by molar-refractivity contribution is 0.303. The van der Waals surface area contributed by atoms with E-state index in [4.69, 9.17) is 10.9 Å². The molecule has 1 aromatic heterocycles. The molecular formula is C12H13N5O2. The van der Waals surface area contributed by atoms with Crippen LogP contribution in [0.3, 0.4) is 0 Å². The number of fused-ring (bicyclic) bond motifs is 1. The van der Waals surface area contributed by atoms with Crippen molar-refractivity contribution in [3.05, 3.63) is 40.6 Å². The van der Waals surface area contributed by atoms with Crippen molar-refractivity contribution in [2.75, 3.05) is 5.73 Å². The van der Waals surface area contributed by atoms with Crippen molar-refractivity contribution in [3.63, 3.8) is 0 Å². The zero-order chi connectivity index (χ0) is 13.4. The Hall–Kier alpha value is -2.57. The number of nitrogens with two attached hydrogens (primary N) is 1. The van der Waals surface area contributed by atoms with Crippen LogP contribution in [0.2, 0.25) is 0 Å². The number of benzene rings is 1. The molecule has 19 heavy (non-hydrogen) atoms. The number of hydrogen-bond donors (Lipinski definition) is 3. The Balaban J connectivity index is 1.82. The van der Waals surface area contributed by atoms with Gasteiger partial charge >= 0.3 is 0 Å². The first-order valence-corrected chi connectivity index (χ1v) is 5.85. The molecule has 0 aliphatic heterocycles. The van der Waals surface area contributed by atoms with Gasteiger partial charge in [-0.2, -0.15) is 0 Å². The van der Waals surface area contributed by atoms with Gasteiger partial charge in [-0.15, -0.1) is 0 Å². The molecular weight excluding hydrogens is 246 g/mol. The standard InChI is InChI=1S/C12H13N5O2/c1-6-2-3-7-5-9(8(7)4-6)14-12(15-18)10-11(13)17-19-16-10/h2-4,9,18H,5H2,1H3,(H2,13,17)(H,14,15). The van der Waals surface area contributed by atoms with E-state index in [-0.39, 0.29) is 23.4 Å². The average molecular weight is 259 g/mol. The Morgan fingerprint density at radius 3 is 3.05 bits per heavy atom. The third kappa shape index (κ3) is 1.88. The Morgan fingerprint density at radius 2 is 2.37 bits per heavy atom. The predicted octanol–water partition coefficient (Wildman–Crippen LogP) is 0.983. The van der Waals surface area contributed by atoms with Crippen molar-refractivity contribution in [2.45, 2.75) is 19.4 Å². The summed E-state index contributed by atoms with van der Waals surface area (Å²) in [5, 5.41) is 22.4. The highest BCUT2D eigenvalue weighted by molar-refractivity contribution is 6.00. The van der Waals surface area contributed by atoms with E-state index in [9.17, 15) is 0 Å². The molecule has 7 heteroatoms.